The van der Waals surface area contributed by atoms with E-state index in [2.05, 4.69) is 18.8 Å². The summed E-state index contributed by atoms with van der Waals surface area (Å²) in [5.74, 6) is 0.511. The Morgan fingerprint density at radius 1 is 1.33 bits per heavy atom. The van der Waals surface area contributed by atoms with Gasteiger partial charge < -0.3 is 10.5 Å². The van der Waals surface area contributed by atoms with Gasteiger partial charge in [0.2, 0.25) is 14.2 Å². The number of nitrogens with zero attached hydrogens (tertiary/aromatic N) is 1. The molecule has 0 saturated heterocycles. The molecule has 1 aromatic heterocycles. The van der Waals surface area contributed by atoms with Gasteiger partial charge in [-0.2, -0.15) is 0 Å². The number of nitrogens with two attached hydrogens (primary N) is 1. The van der Waals surface area contributed by atoms with Gasteiger partial charge >= 0.3 is 0 Å². The van der Waals surface area contributed by atoms with Gasteiger partial charge in [-0.3, -0.25) is 0 Å². The zero-order valence-electron chi connectivity index (χ0n) is 12.2. The van der Waals surface area contributed by atoms with Crippen molar-refractivity contribution in [2.24, 2.45) is 5.92 Å². The van der Waals surface area contributed by atoms with E-state index in [9.17, 15) is 8.42 Å². The maximum Gasteiger partial charge on any atom is 0.210 e. The highest BCUT2D eigenvalue weighted by molar-refractivity contribution is 7.93. The first kappa shape index (κ1) is 16.2. The van der Waals surface area contributed by atoms with Crippen LogP contribution in [-0.2, 0) is 14.6 Å². The van der Waals surface area contributed by atoms with Crippen molar-refractivity contribution in [3.63, 3.8) is 0 Å². The molecule has 0 radical (unpaired) electrons. The molecule has 0 spiro atoms. The van der Waals surface area contributed by atoms with Crippen LogP contribution in [0.3, 0.4) is 0 Å². The quantitative estimate of drug-likeness (QED) is 0.624. The third-order valence-corrected chi connectivity index (χ3v) is 6.15. The van der Waals surface area contributed by atoms with Crippen LogP contribution in [0.25, 0.3) is 10.2 Å². The molecule has 0 aliphatic heterocycles. The van der Waals surface area contributed by atoms with Gasteiger partial charge in [0.25, 0.3) is 0 Å². The highest BCUT2D eigenvalue weighted by Gasteiger charge is 2.19. The predicted octanol–water partition coefficient (Wildman–Crippen LogP) is 2.71. The Hall–Kier alpha value is -1.18. The number of sulfone groups is 1. The fraction of sp³-hybridized carbons (Fsp3) is 0.500. The minimum atomic E-state index is -3.39. The van der Waals surface area contributed by atoms with Crippen LogP contribution in [0, 0.1) is 5.92 Å². The van der Waals surface area contributed by atoms with Crippen LogP contribution in [0.4, 0.5) is 5.69 Å². The van der Waals surface area contributed by atoms with Crippen molar-refractivity contribution in [2.45, 2.75) is 24.6 Å². The van der Waals surface area contributed by atoms with E-state index in [1.54, 1.807) is 18.2 Å². The summed E-state index contributed by atoms with van der Waals surface area (Å²) in [5.41, 5.74) is 6.95. The van der Waals surface area contributed by atoms with Gasteiger partial charge in [-0.1, -0.05) is 13.8 Å². The van der Waals surface area contributed by atoms with E-state index in [-0.39, 0.29) is 16.7 Å². The summed E-state index contributed by atoms with van der Waals surface area (Å²) in [6.07, 6.45) is 0.931. The Balaban J connectivity index is 2.00. The molecule has 0 aliphatic rings. The Bertz CT molecular complexity index is 708. The van der Waals surface area contributed by atoms with Crippen molar-refractivity contribution in [1.29, 1.82) is 0 Å². The first-order chi connectivity index (χ1) is 9.88. The van der Waals surface area contributed by atoms with Crippen LogP contribution in [-0.4, -0.2) is 32.4 Å². The molecule has 0 unspecified atom stereocenters. The number of hydrogen-bond acceptors (Lipinski definition) is 6. The SMILES string of the molecule is CC(C)CCOCCS(=O)(=O)c1nc2ccc(N)cc2s1. The van der Waals surface area contributed by atoms with Crippen molar-refractivity contribution in [2.75, 3.05) is 24.7 Å². The molecule has 0 amide bonds. The number of ether oxygens (including phenoxy) is 1. The van der Waals surface area contributed by atoms with E-state index >= 15 is 0 Å². The van der Waals surface area contributed by atoms with Crippen LogP contribution in [0.2, 0.25) is 0 Å². The molecule has 0 atom stereocenters. The van der Waals surface area contributed by atoms with Gasteiger partial charge in [0.15, 0.2) is 0 Å². The summed E-state index contributed by atoms with van der Waals surface area (Å²) in [7, 11) is -3.39. The average molecular weight is 328 g/mol. The van der Waals surface area contributed by atoms with E-state index in [1.807, 2.05) is 0 Å². The van der Waals surface area contributed by atoms with Gasteiger partial charge in [-0.15, -0.1) is 11.3 Å². The fourth-order valence-corrected chi connectivity index (χ4v) is 4.25. The molecule has 2 aromatic rings. The molecule has 0 fully saturated rings. The number of hydrogen-bond donors (Lipinski definition) is 1. The van der Waals surface area contributed by atoms with Gasteiger partial charge in [-0.05, 0) is 30.5 Å². The van der Waals surface area contributed by atoms with Crippen molar-refractivity contribution in [3.05, 3.63) is 18.2 Å². The number of aromatic nitrogens is 1. The highest BCUT2D eigenvalue weighted by atomic mass is 32.2. The third kappa shape index (κ3) is 4.39. The van der Waals surface area contributed by atoms with Crippen molar-refractivity contribution in [1.82, 2.24) is 4.98 Å². The second-order valence-electron chi connectivity index (χ2n) is 5.32. The second kappa shape index (κ2) is 6.72. The summed E-state index contributed by atoms with van der Waals surface area (Å²) in [6.45, 7) is 5.00. The Kier molecular flexibility index (Phi) is 5.18. The summed E-state index contributed by atoms with van der Waals surface area (Å²) in [6, 6.07) is 5.19. The molecular weight excluding hydrogens is 308 g/mol. The molecule has 116 valence electrons. The van der Waals surface area contributed by atoms with E-state index in [0.29, 0.717) is 23.7 Å². The molecule has 2 rings (SSSR count). The fourth-order valence-electron chi connectivity index (χ4n) is 1.73. The topological polar surface area (TPSA) is 82.3 Å². The lowest BCUT2D eigenvalue weighted by molar-refractivity contribution is 0.137. The summed E-state index contributed by atoms with van der Waals surface area (Å²) < 4.78 is 30.7. The first-order valence-electron chi connectivity index (χ1n) is 6.85. The number of anilines is 1. The first-order valence-corrected chi connectivity index (χ1v) is 9.32. The van der Waals surface area contributed by atoms with E-state index in [1.165, 1.54) is 0 Å². The van der Waals surface area contributed by atoms with Gasteiger partial charge in [0.1, 0.15) is 0 Å². The number of fused-ring (bicyclic) bond motifs is 1. The van der Waals surface area contributed by atoms with Crippen LogP contribution in [0.15, 0.2) is 22.5 Å². The molecular formula is C14H20N2O3S2. The number of benzene rings is 1. The van der Waals surface area contributed by atoms with Crippen molar-refractivity contribution < 1.29 is 13.2 Å². The van der Waals surface area contributed by atoms with E-state index < -0.39 is 9.84 Å². The molecule has 5 nitrogen and oxygen atoms in total. The normalized spacial score (nSPS) is 12.3. The maximum atomic E-state index is 12.2. The number of nitrogen functional groups attached to an aromatic ring is 1. The third-order valence-electron chi connectivity index (χ3n) is 2.99. The minimum Gasteiger partial charge on any atom is -0.399 e. The Labute approximate surface area is 129 Å². The zero-order chi connectivity index (χ0) is 15.5. The monoisotopic (exact) mass is 328 g/mol. The van der Waals surface area contributed by atoms with Gasteiger partial charge in [-0.25, -0.2) is 13.4 Å². The maximum absolute atomic E-state index is 12.2. The summed E-state index contributed by atoms with van der Waals surface area (Å²) in [4.78, 5) is 4.17. The lowest BCUT2D eigenvalue weighted by Gasteiger charge is -2.05. The predicted molar refractivity (Wildman–Crippen MR) is 86.4 cm³/mol. The summed E-state index contributed by atoms with van der Waals surface area (Å²) >= 11 is 1.15. The van der Waals surface area contributed by atoms with Crippen LogP contribution < -0.4 is 5.73 Å². The Morgan fingerprint density at radius 3 is 2.81 bits per heavy atom. The number of thiazole rings is 1. The minimum absolute atomic E-state index is 0.0413. The molecule has 0 bridgehead atoms. The van der Waals surface area contributed by atoms with E-state index in [4.69, 9.17) is 10.5 Å². The molecule has 1 aromatic carbocycles. The Morgan fingerprint density at radius 2 is 2.10 bits per heavy atom. The molecule has 1 heterocycles. The van der Waals surface area contributed by atoms with Crippen LogP contribution in [0.1, 0.15) is 20.3 Å². The highest BCUT2D eigenvalue weighted by Crippen LogP contribution is 2.27. The molecule has 21 heavy (non-hydrogen) atoms. The smallest absolute Gasteiger partial charge is 0.210 e. The van der Waals surface area contributed by atoms with Gasteiger partial charge in [0, 0.05) is 12.3 Å². The standard InChI is InChI=1S/C14H20N2O3S2/c1-10(2)5-6-19-7-8-21(17,18)14-16-12-4-3-11(15)9-13(12)20-14/h3-4,9-10H,5-8,15H2,1-2H3. The van der Waals surface area contributed by atoms with Crippen molar-refractivity contribution >= 4 is 37.1 Å². The largest absolute Gasteiger partial charge is 0.399 e. The average Bonchev–Trinajstić information content (AvgIpc) is 2.81. The molecule has 7 heteroatoms. The number of rotatable bonds is 7. The molecule has 0 saturated carbocycles. The molecule has 2 N–H and O–H groups in total. The molecule has 0 aliphatic carbocycles. The van der Waals surface area contributed by atoms with Gasteiger partial charge in [0.05, 0.1) is 22.6 Å². The van der Waals surface area contributed by atoms with Crippen LogP contribution in [0.5, 0.6) is 0 Å². The lowest BCUT2D eigenvalue weighted by Crippen LogP contribution is -2.13. The summed E-state index contributed by atoms with van der Waals surface area (Å²) in [5, 5.41) is 0. The zero-order valence-corrected chi connectivity index (χ0v) is 13.8. The van der Waals surface area contributed by atoms with Crippen molar-refractivity contribution in [3.8, 4) is 0 Å². The van der Waals surface area contributed by atoms with E-state index in [0.717, 1.165) is 22.5 Å². The second-order valence-corrected chi connectivity index (χ2v) is 8.63. The lowest BCUT2D eigenvalue weighted by atomic mass is 10.1. The van der Waals surface area contributed by atoms with Crippen LogP contribution >= 0.6 is 11.3 Å².